The molecule has 25 heavy (non-hydrogen) atoms. The molecule has 1 heterocycles. The molecule has 1 aliphatic heterocycles. The van der Waals surface area contributed by atoms with Gasteiger partial charge in [-0.2, -0.15) is 13.2 Å². The summed E-state index contributed by atoms with van der Waals surface area (Å²) in [5.41, 5.74) is 0.276. The van der Waals surface area contributed by atoms with E-state index in [1.165, 1.54) is 24.6 Å². The van der Waals surface area contributed by atoms with Gasteiger partial charge in [-0.25, -0.2) is 0 Å². The number of nitrogens with one attached hydrogen (secondary N) is 1. The van der Waals surface area contributed by atoms with Crippen LogP contribution in [0.1, 0.15) is 35.2 Å². The number of carbonyl (C=O) groups excluding carboxylic acids is 1. The number of anilines is 2. The van der Waals surface area contributed by atoms with Gasteiger partial charge in [-0.15, -0.1) is 0 Å². The first-order chi connectivity index (χ1) is 11.9. The fraction of sp³-hybridized carbons (Fsp3) is 0.316. The molecule has 1 amide bonds. The topological polar surface area (TPSA) is 32.3 Å². The van der Waals surface area contributed by atoms with Gasteiger partial charge in [-0.3, -0.25) is 4.79 Å². The molecule has 0 bridgehead atoms. The third-order valence-electron chi connectivity index (χ3n) is 4.33. The summed E-state index contributed by atoms with van der Waals surface area (Å²) in [6.45, 7) is 1.98. The maximum atomic E-state index is 13.0. The van der Waals surface area contributed by atoms with E-state index < -0.39 is 17.6 Å². The highest BCUT2D eigenvalue weighted by molar-refractivity contribution is 6.04. The second-order valence-corrected chi connectivity index (χ2v) is 6.09. The van der Waals surface area contributed by atoms with Crippen LogP contribution in [-0.4, -0.2) is 19.0 Å². The van der Waals surface area contributed by atoms with Crippen molar-refractivity contribution in [1.29, 1.82) is 0 Å². The predicted molar refractivity (Wildman–Crippen MR) is 91.9 cm³/mol. The van der Waals surface area contributed by atoms with Gasteiger partial charge in [0.1, 0.15) is 0 Å². The number of hydrogen-bond donors (Lipinski definition) is 1. The highest BCUT2D eigenvalue weighted by Gasteiger charge is 2.33. The third-order valence-corrected chi connectivity index (χ3v) is 4.33. The van der Waals surface area contributed by atoms with Crippen molar-refractivity contribution in [3.8, 4) is 0 Å². The number of alkyl halides is 3. The summed E-state index contributed by atoms with van der Waals surface area (Å²) in [5, 5.41) is 2.36. The number of nitrogens with zero attached hydrogens (tertiary/aromatic N) is 1. The first-order valence-electron chi connectivity index (χ1n) is 8.28. The fourth-order valence-electron chi connectivity index (χ4n) is 3.01. The normalized spacial score (nSPS) is 15.1. The lowest BCUT2D eigenvalue weighted by atomic mass is 10.1. The highest BCUT2D eigenvalue weighted by atomic mass is 19.4. The number of amides is 1. The zero-order valence-corrected chi connectivity index (χ0v) is 13.6. The Morgan fingerprint density at radius 2 is 1.56 bits per heavy atom. The predicted octanol–water partition coefficient (Wildman–Crippen LogP) is 4.95. The molecule has 3 rings (SSSR count). The van der Waals surface area contributed by atoms with E-state index in [1.54, 1.807) is 12.1 Å². The molecule has 0 atom stereocenters. The summed E-state index contributed by atoms with van der Waals surface area (Å²) in [7, 11) is 0. The van der Waals surface area contributed by atoms with Crippen LogP contribution in [0.25, 0.3) is 0 Å². The first kappa shape index (κ1) is 17.3. The molecule has 1 saturated heterocycles. The number of piperidine rings is 1. The molecule has 0 saturated carbocycles. The van der Waals surface area contributed by atoms with E-state index in [4.69, 9.17) is 0 Å². The second-order valence-electron chi connectivity index (χ2n) is 6.09. The molecule has 1 N–H and O–H groups in total. The van der Waals surface area contributed by atoms with E-state index in [0.29, 0.717) is 5.56 Å². The Balaban J connectivity index is 1.74. The third kappa shape index (κ3) is 4.13. The fourth-order valence-corrected chi connectivity index (χ4v) is 3.01. The maximum absolute atomic E-state index is 13.0. The molecule has 3 nitrogen and oxygen atoms in total. The number of benzene rings is 2. The maximum Gasteiger partial charge on any atom is 0.418 e. The number of para-hydroxylation sites is 1. The largest absolute Gasteiger partial charge is 0.418 e. The monoisotopic (exact) mass is 348 g/mol. The van der Waals surface area contributed by atoms with E-state index in [0.717, 1.165) is 37.7 Å². The zero-order chi connectivity index (χ0) is 17.9. The molecule has 0 spiro atoms. The van der Waals surface area contributed by atoms with Crippen molar-refractivity contribution in [2.45, 2.75) is 25.4 Å². The lowest BCUT2D eigenvalue weighted by Gasteiger charge is -2.28. The van der Waals surface area contributed by atoms with Crippen LogP contribution in [0.5, 0.6) is 0 Å². The molecule has 6 heteroatoms. The molecule has 132 valence electrons. The van der Waals surface area contributed by atoms with Crippen molar-refractivity contribution >= 4 is 17.3 Å². The Morgan fingerprint density at radius 1 is 0.920 bits per heavy atom. The lowest BCUT2D eigenvalue weighted by molar-refractivity contribution is -0.136. The Hall–Kier alpha value is -2.50. The van der Waals surface area contributed by atoms with Gasteiger partial charge in [0.05, 0.1) is 11.3 Å². The van der Waals surface area contributed by atoms with Crippen molar-refractivity contribution in [3.05, 3.63) is 59.7 Å². The minimum atomic E-state index is -4.51. The van der Waals surface area contributed by atoms with Gasteiger partial charge >= 0.3 is 6.18 Å². The van der Waals surface area contributed by atoms with Crippen molar-refractivity contribution in [1.82, 2.24) is 0 Å². The molecule has 2 aromatic carbocycles. The average molecular weight is 348 g/mol. The Bertz CT molecular complexity index is 735. The van der Waals surface area contributed by atoms with Gasteiger partial charge in [0, 0.05) is 24.3 Å². The molecule has 0 unspecified atom stereocenters. The minimum absolute atomic E-state index is 0.236. The van der Waals surface area contributed by atoms with Gasteiger partial charge in [0.15, 0.2) is 0 Å². The molecule has 0 aliphatic carbocycles. The highest BCUT2D eigenvalue weighted by Crippen LogP contribution is 2.34. The summed E-state index contributed by atoms with van der Waals surface area (Å²) in [6.07, 6.45) is -0.982. The van der Waals surface area contributed by atoms with E-state index >= 15 is 0 Å². The summed E-state index contributed by atoms with van der Waals surface area (Å²) in [6, 6.07) is 11.9. The number of hydrogen-bond acceptors (Lipinski definition) is 2. The molecule has 1 fully saturated rings. The smallest absolute Gasteiger partial charge is 0.372 e. The van der Waals surface area contributed by atoms with Crippen molar-refractivity contribution < 1.29 is 18.0 Å². The van der Waals surface area contributed by atoms with Gasteiger partial charge in [0.25, 0.3) is 5.91 Å². The van der Waals surface area contributed by atoms with Crippen LogP contribution in [0, 0.1) is 0 Å². The van der Waals surface area contributed by atoms with Crippen LogP contribution in [0.3, 0.4) is 0 Å². The zero-order valence-electron chi connectivity index (χ0n) is 13.6. The summed E-state index contributed by atoms with van der Waals surface area (Å²) in [4.78, 5) is 14.5. The first-order valence-corrected chi connectivity index (χ1v) is 8.28. The Kier molecular flexibility index (Phi) is 4.97. The average Bonchev–Trinajstić information content (AvgIpc) is 2.62. The van der Waals surface area contributed by atoms with E-state index in [2.05, 4.69) is 10.2 Å². The summed E-state index contributed by atoms with van der Waals surface area (Å²) < 4.78 is 39.0. The van der Waals surface area contributed by atoms with Crippen LogP contribution in [0.15, 0.2) is 48.5 Å². The van der Waals surface area contributed by atoms with Crippen molar-refractivity contribution in [2.75, 3.05) is 23.3 Å². The second kappa shape index (κ2) is 7.17. The van der Waals surface area contributed by atoms with Crippen molar-refractivity contribution in [2.24, 2.45) is 0 Å². The van der Waals surface area contributed by atoms with Gasteiger partial charge in [-0.05, 0) is 55.7 Å². The van der Waals surface area contributed by atoms with Gasteiger partial charge in [-0.1, -0.05) is 12.1 Å². The van der Waals surface area contributed by atoms with Crippen molar-refractivity contribution in [3.63, 3.8) is 0 Å². The SMILES string of the molecule is O=C(Nc1ccccc1C(F)(F)F)c1ccc(N2CCCCC2)cc1. The Morgan fingerprint density at radius 3 is 2.20 bits per heavy atom. The van der Waals surface area contributed by atoms with E-state index in [-0.39, 0.29) is 5.69 Å². The van der Waals surface area contributed by atoms with Crippen LogP contribution in [-0.2, 0) is 6.18 Å². The Labute approximate surface area is 144 Å². The molecule has 1 aliphatic rings. The number of rotatable bonds is 3. The lowest BCUT2D eigenvalue weighted by Crippen LogP contribution is -2.29. The number of carbonyl (C=O) groups is 1. The molecule has 0 aromatic heterocycles. The van der Waals surface area contributed by atoms with Gasteiger partial charge in [0.2, 0.25) is 0 Å². The summed E-state index contributed by atoms with van der Waals surface area (Å²) in [5.74, 6) is -0.554. The van der Waals surface area contributed by atoms with E-state index in [9.17, 15) is 18.0 Å². The standard InChI is InChI=1S/C19H19F3N2O/c20-19(21,22)16-6-2-3-7-17(16)23-18(25)14-8-10-15(11-9-14)24-12-4-1-5-13-24/h2-3,6-11H,1,4-5,12-13H2,(H,23,25). The number of halogens is 3. The van der Waals surface area contributed by atoms with Gasteiger partial charge < -0.3 is 10.2 Å². The molecule has 0 radical (unpaired) electrons. The van der Waals surface area contributed by atoms with Crippen LogP contribution in [0.2, 0.25) is 0 Å². The van der Waals surface area contributed by atoms with Crippen LogP contribution < -0.4 is 10.2 Å². The van der Waals surface area contributed by atoms with E-state index in [1.807, 2.05) is 12.1 Å². The molecule has 2 aromatic rings. The summed E-state index contributed by atoms with van der Waals surface area (Å²) >= 11 is 0. The van der Waals surface area contributed by atoms with Crippen LogP contribution in [0.4, 0.5) is 24.5 Å². The van der Waals surface area contributed by atoms with Crippen LogP contribution >= 0.6 is 0 Å². The molecular weight excluding hydrogens is 329 g/mol. The molecular formula is C19H19F3N2O. The minimum Gasteiger partial charge on any atom is -0.372 e. The quantitative estimate of drug-likeness (QED) is 0.851.